The zero-order valence-electron chi connectivity index (χ0n) is 7.66. The molecule has 0 aromatic heterocycles. The van der Waals surface area contributed by atoms with E-state index in [0.29, 0.717) is 18.7 Å². The first kappa shape index (κ1) is 9.73. The van der Waals surface area contributed by atoms with Crippen molar-refractivity contribution in [2.75, 3.05) is 6.61 Å². The third-order valence-corrected chi connectivity index (χ3v) is 1.46. The Morgan fingerprint density at radius 2 is 2.31 bits per heavy atom. The molecule has 1 heterocycles. The number of nitrogens with one attached hydrogen (secondary N) is 1. The summed E-state index contributed by atoms with van der Waals surface area (Å²) in [6, 6.07) is 0. The second-order valence-electron chi connectivity index (χ2n) is 2.82. The summed E-state index contributed by atoms with van der Waals surface area (Å²) >= 11 is 0. The lowest BCUT2D eigenvalue weighted by Gasteiger charge is -2.15. The number of carbonyl (C=O) groups excluding carboxylic acids is 2. The minimum atomic E-state index is -0.128. The van der Waals surface area contributed by atoms with Crippen LogP contribution in [-0.4, -0.2) is 23.5 Å². The molecule has 1 amide bonds. The second-order valence-corrected chi connectivity index (χ2v) is 2.82. The smallest absolute Gasteiger partial charge is 0.269 e. The van der Waals surface area contributed by atoms with E-state index in [-0.39, 0.29) is 11.7 Å². The highest BCUT2D eigenvalue weighted by Crippen LogP contribution is 2.04. The molecule has 0 saturated carbocycles. The van der Waals surface area contributed by atoms with Crippen LogP contribution in [0.25, 0.3) is 0 Å². The average Bonchev–Trinajstić information content (AvgIpc) is 2.34. The monoisotopic (exact) mass is 184 g/mol. The number of hydrazine groups is 1. The van der Waals surface area contributed by atoms with Gasteiger partial charge in [-0.3, -0.25) is 19.9 Å². The maximum absolute atomic E-state index is 11.0. The topological polar surface area (TPSA) is 58.6 Å². The molecule has 1 fully saturated rings. The number of ketones is 1. The zero-order chi connectivity index (χ0) is 9.84. The summed E-state index contributed by atoms with van der Waals surface area (Å²) in [5, 5.41) is 1.05. The molecule has 0 bridgehead atoms. The Hall–Kier alpha value is -1.36. The maximum Gasteiger partial charge on any atom is 0.269 e. The van der Waals surface area contributed by atoms with Crippen LogP contribution in [0.3, 0.4) is 0 Å². The summed E-state index contributed by atoms with van der Waals surface area (Å²) in [5.74, 6) is -0.201. The Morgan fingerprint density at radius 1 is 1.62 bits per heavy atom. The van der Waals surface area contributed by atoms with Crippen LogP contribution in [-0.2, 0) is 14.4 Å². The SMILES string of the molecule is CC(=O)C=C(C)NN1OCCC1=O. The van der Waals surface area contributed by atoms with Crippen LogP contribution in [0, 0.1) is 0 Å². The first-order valence-electron chi connectivity index (χ1n) is 4.01. The standard InChI is InChI=1S/C8H12N2O3/c1-6(5-7(2)11)9-10-8(12)3-4-13-10/h5,9H,3-4H2,1-2H3. The van der Waals surface area contributed by atoms with E-state index in [1.54, 1.807) is 6.92 Å². The molecule has 1 N–H and O–H groups in total. The number of carbonyl (C=O) groups is 2. The highest BCUT2D eigenvalue weighted by molar-refractivity contribution is 5.87. The molecule has 1 saturated heterocycles. The molecule has 0 atom stereocenters. The quantitative estimate of drug-likeness (QED) is 0.634. The Bertz CT molecular complexity index is 260. The molecule has 0 unspecified atom stereocenters. The van der Waals surface area contributed by atoms with Crippen LogP contribution in [0.15, 0.2) is 11.8 Å². The molecular weight excluding hydrogens is 172 g/mol. The van der Waals surface area contributed by atoms with E-state index >= 15 is 0 Å². The van der Waals surface area contributed by atoms with Gasteiger partial charge in [0.05, 0.1) is 13.0 Å². The summed E-state index contributed by atoms with van der Waals surface area (Å²) in [7, 11) is 0. The molecular formula is C8H12N2O3. The number of nitrogens with zero attached hydrogens (tertiary/aromatic N) is 1. The van der Waals surface area contributed by atoms with E-state index in [1.807, 2.05) is 0 Å². The Balaban J connectivity index is 2.48. The number of allylic oxidation sites excluding steroid dienone is 2. The molecule has 13 heavy (non-hydrogen) atoms. The summed E-state index contributed by atoms with van der Waals surface area (Å²) in [6.45, 7) is 3.52. The first-order chi connectivity index (χ1) is 6.09. The van der Waals surface area contributed by atoms with Gasteiger partial charge in [-0.2, -0.15) is 0 Å². The van der Waals surface area contributed by atoms with Gasteiger partial charge in [0.25, 0.3) is 5.91 Å². The van der Waals surface area contributed by atoms with Crippen LogP contribution in [0.1, 0.15) is 20.3 Å². The highest BCUT2D eigenvalue weighted by atomic mass is 16.7. The average molecular weight is 184 g/mol. The van der Waals surface area contributed by atoms with E-state index in [4.69, 9.17) is 4.84 Å². The van der Waals surface area contributed by atoms with E-state index in [0.717, 1.165) is 5.17 Å². The van der Waals surface area contributed by atoms with Crippen molar-refractivity contribution < 1.29 is 14.4 Å². The van der Waals surface area contributed by atoms with Gasteiger partial charge in [-0.15, -0.1) is 5.17 Å². The number of hydroxylamine groups is 1. The molecule has 0 radical (unpaired) electrons. The zero-order valence-corrected chi connectivity index (χ0v) is 7.66. The molecule has 0 spiro atoms. The Labute approximate surface area is 76.3 Å². The van der Waals surface area contributed by atoms with E-state index < -0.39 is 0 Å². The lowest BCUT2D eigenvalue weighted by Crippen LogP contribution is -2.36. The third-order valence-electron chi connectivity index (χ3n) is 1.46. The predicted octanol–water partition coefficient (Wildman–Crippen LogP) is 0.148. The predicted molar refractivity (Wildman–Crippen MR) is 45.0 cm³/mol. The van der Waals surface area contributed by atoms with Crippen molar-refractivity contribution in [1.29, 1.82) is 0 Å². The molecule has 5 nitrogen and oxygen atoms in total. The van der Waals surface area contributed by atoms with Gasteiger partial charge in [-0.05, 0) is 13.8 Å². The lowest BCUT2D eigenvalue weighted by atomic mass is 10.3. The summed E-state index contributed by atoms with van der Waals surface area (Å²) in [4.78, 5) is 26.6. The van der Waals surface area contributed by atoms with Crippen molar-refractivity contribution in [3.8, 4) is 0 Å². The van der Waals surface area contributed by atoms with Gasteiger partial charge < -0.3 is 0 Å². The summed E-state index contributed by atoms with van der Waals surface area (Å²) in [5.41, 5.74) is 3.25. The summed E-state index contributed by atoms with van der Waals surface area (Å²) in [6.07, 6.45) is 1.77. The fourth-order valence-corrected chi connectivity index (χ4v) is 0.990. The molecule has 72 valence electrons. The van der Waals surface area contributed by atoms with Crippen molar-refractivity contribution in [3.05, 3.63) is 11.8 Å². The fourth-order valence-electron chi connectivity index (χ4n) is 0.990. The van der Waals surface area contributed by atoms with Gasteiger partial charge in [0.2, 0.25) is 0 Å². The van der Waals surface area contributed by atoms with Crippen molar-refractivity contribution in [3.63, 3.8) is 0 Å². The molecule has 0 aromatic rings. The van der Waals surface area contributed by atoms with Gasteiger partial charge in [-0.25, -0.2) is 0 Å². The van der Waals surface area contributed by atoms with Gasteiger partial charge in [-0.1, -0.05) is 0 Å². The van der Waals surface area contributed by atoms with E-state index in [1.165, 1.54) is 13.0 Å². The summed E-state index contributed by atoms with van der Waals surface area (Å²) < 4.78 is 0. The highest BCUT2D eigenvalue weighted by Gasteiger charge is 2.21. The minimum absolute atomic E-state index is 0.0726. The van der Waals surface area contributed by atoms with E-state index in [2.05, 4.69) is 5.43 Å². The van der Waals surface area contributed by atoms with Crippen LogP contribution in [0.5, 0.6) is 0 Å². The van der Waals surface area contributed by atoms with Gasteiger partial charge >= 0.3 is 0 Å². The Morgan fingerprint density at radius 3 is 2.77 bits per heavy atom. The van der Waals surface area contributed by atoms with Crippen LogP contribution in [0.4, 0.5) is 0 Å². The molecule has 0 aromatic carbocycles. The normalized spacial score (nSPS) is 17.8. The van der Waals surface area contributed by atoms with Gasteiger partial charge in [0, 0.05) is 11.8 Å². The first-order valence-corrected chi connectivity index (χ1v) is 4.01. The number of hydrogen-bond acceptors (Lipinski definition) is 4. The lowest BCUT2D eigenvalue weighted by molar-refractivity contribution is -0.175. The second kappa shape index (κ2) is 4.04. The van der Waals surface area contributed by atoms with Crippen molar-refractivity contribution >= 4 is 11.7 Å². The molecule has 0 aliphatic carbocycles. The van der Waals surface area contributed by atoms with Crippen molar-refractivity contribution in [2.45, 2.75) is 20.3 Å². The van der Waals surface area contributed by atoms with Crippen LogP contribution in [0.2, 0.25) is 0 Å². The molecule has 1 rings (SSSR count). The van der Waals surface area contributed by atoms with Crippen LogP contribution >= 0.6 is 0 Å². The van der Waals surface area contributed by atoms with Gasteiger partial charge in [0.15, 0.2) is 5.78 Å². The minimum Gasteiger partial charge on any atom is -0.295 e. The molecule has 5 heteroatoms. The largest absolute Gasteiger partial charge is 0.295 e. The van der Waals surface area contributed by atoms with Gasteiger partial charge in [0.1, 0.15) is 0 Å². The molecule has 1 aliphatic heterocycles. The number of hydrogen-bond donors (Lipinski definition) is 1. The van der Waals surface area contributed by atoms with Crippen molar-refractivity contribution in [1.82, 2.24) is 10.6 Å². The maximum atomic E-state index is 11.0. The van der Waals surface area contributed by atoms with Crippen molar-refractivity contribution in [2.24, 2.45) is 0 Å². The van der Waals surface area contributed by atoms with Crippen LogP contribution < -0.4 is 5.43 Å². The fraction of sp³-hybridized carbons (Fsp3) is 0.500. The molecule has 1 aliphatic rings. The number of rotatable bonds is 3. The number of amides is 1. The third kappa shape index (κ3) is 2.87. The Kier molecular flexibility index (Phi) is 3.02. The van der Waals surface area contributed by atoms with E-state index in [9.17, 15) is 9.59 Å².